The van der Waals surface area contributed by atoms with Gasteiger partial charge in [0.05, 0.1) is 10.6 Å². The lowest BCUT2D eigenvalue weighted by Gasteiger charge is -2.11. The Labute approximate surface area is 188 Å². The smallest absolute Gasteiger partial charge is 0.261 e. The molecule has 0 unspecified atom stereocenters. The summed E-state index contributed by atoms with van der Waals surface area (Å²) in [7, 11) is 0. The Hall–Kier alpha value is -1.62. The van der Waals surface area contributed by atoms with Crippen LogP contribution in [0.25, 0.3) is 0 Å². The zero-order chi connectivity index (χ0) is 19.5. The predicted molar refractivity (Wildman–Crippen MR) is 127 cm³/mol. The molecule has 0 fully saturated rings. The molecule has 2 rings (SSSR count). The van der Waals surface area contributed by atoms with Gasteiger partial charge in [-0.1, -0.05) is 6.07 Å². The second-order valence-electron chi connectivity index (χ2n) is 6.28. The molecule has 0 bridgehead atoms. The Balaban J connectivity index is 0.00000392. The van der Waals surface area contributed by atoms with Gasteiger partial charge in [-0.05, 0) is 51.1 Å². The SMILES string of the molecule is CCNC(=NCCCn1nc(C)cc1C)NCCCNC(=O)c1cccs1.I. The molecule has 3 N–H and O–H groups in total. The third kappa shape index (κ3) is 8.59. The first-order valence-corrected chi connectivity index (χ1v) is 10.3. The molecule has 0 aromatic carbocycles. The highest BCUT2D eigenvalue weighted by Gasteiger charge is 2.05. The van der Waals surface area contributed by atoms with E-state index in [4.69, 9.17) is 0 Å². The lowest BCUT2D eigenvalue weighted by atomic mass is 10.4. The molecule has 28 heavy (non-hydrogen) atoms. The summed E-state index contributed by atoms with van der Waals surface area (Å²) in [4.78, 5) is 17.2. The summed E-state index contributed by atoms with van der Waals surface area (Å²) in [5, 5.41) is 15.9. The first-order chi connectivity index (χ1) is 13.1. The lowest BCUT2D eigenvalue weighted by molar-refractivity contribution is 0.0957. The molecule has 7 nitrogen and oxygen atoms in total. The molecule has 156 valence electrons. The van der Waals surface area contributed by atoms with Gasteiger partial charge in [0.1, 0.15) is 0 Å². The van der Waals surface area contributed by atoms with Crippen LogP contribution >= 0.6 is 35.3 Å². The zero-order valence-electron chi connectivity index (χ0n) is 16.8. The largest absolute Gasteiger partial charge is 0.357 e. The molecule has 0 atom stereocenters. The van der Waals surface area contributed by atoms with E-state index in [2.05, 4.69) is 39.0 Å². The number of halogens is 1. The van der Waals surface area contributed by atoms with Crippen LogP contribution < -0.4 is 16.0 Å². The number of aryl methyl sites for hydroxylation is 3. The minimum atomic E-state index is -0.00488. The van der Waals surface area contributed by atoms with Gasteiger partial charge in [-0.15, -0.1) is 35.3 Å². The number of hydrogen-bond acceptors (Lipinski definition) is 4. The number of carbonyl (C=O) groups is 1. The highest BCUT2D eigenvalue weighted by molar-refractivity contribution is 14.0. The monoisotopic (exact) mass is 518 g/mol. The number of rotatable bonds is 10. The van der Waals surface area contributed by atoms with Gasteiger partial charge in [0.2, 0.25) is 0 Å². The van der Waals surface area contributed by atoms with Crippen LogP contribution in [0.1, 0.15) is 40.8 Å². The highest BCUT2D eigenvalue weighted by Crippen LogP contribution is 2.07. The molecule has 0 radical (unpaired) electrons. The van der Waals surface area contributed by atoms with Gasteiger partial charge in [-0.2, -0.15) is 5.10 Å². The number of aromatic nitrogens is 2. The number of aliphatic imine (C=N–C) groups is 1. The van der Waals surface area contributed by atoms with Gasteiger partial charge in [0.25, 0.3) is 5.91 Å². The second-order valence-corrected chi connectivity index (χ2v) is 7.23. The van der Waals surface area contributed by atoms with E-state index in [9.17, 15) is 4.79 Å². The van der Waals surface area contributed by atoms with Gasteiger partial charge in [-0.25, -0.2) is 0 Å². The van der Waals surface area contributed by atoms with E-state index >= 15 is 0 Å². The molecule has 2 aromatic heterocycles. The lowest BCUT2D eigenvalue weighted by Crippen LogP contribution is -2.39. The Morgan fingerprint density at radius 2 is 2.00 bits per heavy atom. The van der Waals surface area contributed by atoms with Crippen molar-refractivity contribution in [3.8, 4) is 0 Å². The van der Waals surface area contributed by atoms with Crippen LogP contribution in [0.4, 0.5) is 0 Å². The Morgan fingerprint density at radius 1 is 1.21 bits per heavy atom. The minimum absolute atomic E-state index is 0. The standard InChI is InChI=1S/C19H30N6OS.HI/c1-4-20-19(23-11-7-12-25-16(3)14-15(2)24-25)22-10-6-9-21-18(26)17-8-5-13-27-17;/h5,8,13-14H,4,6-7,9-12H2,1-3H3,(H,21,26)(H2,20,22,23);1H. The van der Waals surface area contributed by atoms with Gasteiger partial charge in [0.15, 0.2) is 5.96 Å². The Kier molecular flexibility index (Phi) is 11.8. The number of guanidine groups is 1. The molecule has 1 amide bonds. The third-order valence-corrected chi connectivity index (χ3v) is 4.79. The van der Waals surface area contributed by atoms with Crippen LogP contribution in [0.15, 0.2) is 28.6 Å². The van der Waals surface area contributed by atoms with Crippen LogP contribution in [-0.4, -0.2) is 47.8 Å². The predicted octanol–water partition coefficient (Wildman–Crippen LogP) is 2.94. The van der Waals surface area contributed by atoms with Gasteiger partial charge < -0.3 is 16.0 Å². The zero-order valence-corrected chi connectivity index (χ0v) is 20.0. The van der Waals surface area contributed by atoms with Crippen molar-refractivity contribution < 1.29 is 4.79 Å². The Morgan fingerprint density at radius 3 is 2.64 bits per heavy atom. The average molecular weight is 518 g/mol. The number of hydrogen-bond donors (Lipinski definition) is 3. The van der Waals surface area contributed by atoms with Crippen molar-refractivity contribution in [3.05, 3.63) is 39.8 Å². The maximum Gasteiger partial charge on any atom is 0.261 e. The van der Waals surface area contributed by atoms with Crippen LogP contribution in [0.5, 0.6) is 0 Å². The molecule has 0 aliphatic rings. The summed E-state index contributed by atoms with van der Waals surface area (Å²) in [6.07, 6.45) is 1.78. The summed E-state index contributed by atoms with van der Waals surface area (Å²) in [6, 6.07) is 5.81. The molecule has 0 saturated carbocycles. The normalized spacial score (nSPS) is 11.0. The van der Waals surface area contributed by atoms with E-state index in [0.717, 1.165) is 55.6 Å². The third-order valence-electron chi connectivity index (χ3n) is 3.92. The number of amides is 1. The average Bonchev–Trinajstić information content (AvgIpc) is 3.28. The van der Waals surface area contributed by atoms with E-state index in [1.807, 2.05) is 36.0 Å². The van der Waals surface area contributed by atoms with Gasteiger partial charge in [0, 0.05) is 38.4 Å². The van der Waals surface area contributed by atoms with E-state index in [1.165, 1.54) is 17.0 Å². The van der Waals surface area contributed by atoms with Crippen molar-refractivity contribution in [2.75, 3.05) is 26.2 Å². The summed E-state index contributed by atoms with van der Waals surface area (Å²) in [5.74, 6) is 0.810. The fraction of sp³-hybridized carbons (Fsp3) is 0.526. The van der Waals surface area contributed by atoms with Crippen molar-refractivity contribution in [3.63, 3.8) is 0 Å². The molecule has 0 aliphatic carbocycles. The second kappa shape index (κ2) is 13.5. The van der Waals surface area contributed by atoms with Gasteiger partial charge in [-0.3, -0.25) is 14.5 Å². The number of nitrogens with one attached hydrogen (secondary N) is 3. The van der Waals surface area contributed by atoms with Crippen molar-refractivity contribution in [1.29, 1.82) is 0 Å². The van der Waals surface area contributed by atoms with Crippen molar-refractivity contribution >= 4 is 47.2 Å². The fourth-order valence-electron chi connectivity index (χ4n) is 2.65. The molecule has 0 aliphatic heterocycles. The van der Waals surface area contributed by atoms with Crippen molar-refractivity contribution in [2.24, 2.45) is 4.99 Å². The molecule has 0 spiro atoms. The first kappa shape index (κ1) is 24.4. The van der Waals surface area contributed by atoms with Crippen LogP contribution in [0, 0.1) is 13.8 Å². The molecule has 2 heterocycles. The maximum absolute atomic E-state index is 11.9. The minimum Gasteiger partial charge on any atom is -0.357 e. The summed E-state index contributed by atoms with van der Waals surface area (Å²) < 4.78 is 2.03. The fourth-order valence-corrected chi connectivity index (χ4v) is 3.29. The summed E-state index contributed by atoms with van der Waals surface area (Å²) in [6.45, 7) is 9.96. The molecular weight excluding hydrogens is 487 g/mol. The summed E-state index contributed by atoms with van der Waals surface area (Å²) >= 11 is 1.46. The molecule has 2 aromatic rings. The topological polar surface area (TPSA) is 83.3 Å². The maximum atomic E-state index is 11.9. The summed E-state index contributed by atoms with van der Waals surface area (Å²) in [5.41, 5.74) is 2.24. The quantitative estimate of drug-likeness (QED) is 0.196. The van der Waals surface area contributed by atoms with E-state index < -0.39 is 0 Å². The molecular formula is C19H31IN6OS. The Bertz CT molecular complexity index is 729. The van der Waals surface area contributed by atoms with Gasteiger partial charge >= 0.3 is 0 Å². The van der Waals surface area contributed by atoms with E-state index in [0.29, 0.717) is 6.54 Å². The number of carbonyl (C=O) groups excluding carboxylic acids is 1. The molecule has 0 saturated heterocycles. The van der Waals surface area contributed by atoms with Crippen LogP contribution in [0.3, 0.4) is 0 Å². The van der Waals surface area contributed by atoms with E-state index in [-0.39, 0.29) is 29.9 Å². The van der Waals surface area contributed by atoms with Crippen molar-refractivity contribution in [2.45, 2.75) is 40.2 Å². The number of nitrogens with zero attached hydrogens (tertiary/aromatic N) is 3. The van der Waals surface area contributed by atoms with Crippen LogP contribution in [0.2, 0.25) is 0 Å². The molecule has 9 heteroatoms. The van der Waals surface area contributed by atoms with Crippen molar-refractivity contribution in [1.82, 2.24) is 25.7 Å². The van der Waals surface area contributed by atoms with E-state index in [1.54, 1.807) is 0 Å². The number of thiophene rings is 1. The first-order valence-electron chi connectivity index (χ1n) is 9.45. The van der Waals surface area contributed by atoms with Crippen LogP contribution in [-0.2, 0) is 6.54 Å². The highest BCUT2D eigenvalue weighted by atomic mass is 127.